The lowest BCUT2D eigenvalue weighted by molar-refractivity contribution is -0.226. The highest BCUT2D eigenvalue weighted by Gasteiger charge is 2.52. The third-order valence-corrected chi connectivity index (χ3v) is 6.68. The second-order valence-electron chi connectivity index (χ2n) is 8.71. The van der Waals surface area contributed by atoms with Gasteiger partial charge in [0.1, 0.15) is 43.2 Å². The van der Waals surface area contributed by atoms with Crippen LogP contribution in [0, 0.1) is 0 Å². The summed E-state index contributed by atoms with van der Waals surface area (Å²) in [6.45, 7) is 2.84. The molecule has 1 aliphatic rings. The van der Waals surface area contributed by atoms with E-state index in [9.17, 15) is 39.5 Å². The highest BCUT2D eigenvalue weighted by atomic mass is 31.2. The van der Waals surface area contributed by atoms with Crippen LogP contribution < -0.4 is 0 Å². The first-order chi connectivity index (χ1) is 17.0. The summed E-state index contributed by atoms with van der Waals surface area (Å²) in [5.41, 5.74) is 0. The molecule has 8 atom stereocenters. The van der Waals surface area contributed by atoms with Crippen LogP contribution in [0.25, 0.3) is 0 Å². The summed E-state index contributed by atoms with van der Waals surface area (Å²) in [6, 6.07) is 0. The summed E-state index contributed by atoms with van der Waals surface area (Å²) in [5.74, 6) is -1.12. The second kappa shape index (κ2) is 16.6. The molecule has 1 rings (SSSR count). The van der Waals surface area contributed by atoms with E-state index in [4.69, 9.17) is 23.3 Å². The number of hydrogen-bond acceptors (Lipinski definition) is 12. The van der Waals surface area contributed by atoms with Gasteiger partial charge in [-0.3, -0.25) is 18.6 Å². The maximum Gasteiger partial charge on any atom is 0.472 e. The van der Waals surface area contributed by atoms with Crippen molar-refractivity contribution in [2.75, 3.05) is 20.3 Å². The van der Waals surface area contributed by atoms with Crippen LogP contribution in [-0.2, 0) is 37.4 Å². The normalized spacial score (nSPS) is 28.8. The van der Waals surface area contributed by atoms with E-state index in [1.807, 2.05) is 13.8 Å². The van der Waals surface area contributed by atoms with Crippen LogP contribution in [0.1, 0.15) is 65.2 Å². The van der Waals surface area contributed by atoms with Gasteiger partial charge in [-0.1, -0.05) is 39.5 Å². The number of esters is 2. The van der Waals surface area contributed by atoms with Crippen LogP contribution in [0.15, 0.2) is 0 Å². The maximum atomic E-state index is 12.6. The van der Waals surface area contributed by atoms with Crippen LogP contribution in [0.3, 0.4) is 0 Å². The van der Waals surface area contributed by atoms with Gasteiger partial charge in [0.15, 0.2) is 6.10 Å². The zero-order valence-corrected chi connectivity index (χ0v) is 22.0. The zero-order chi connectivity index (χ0) is 27.3. The Morgan fingerprint density at radius 1 is 0.806 bits per heavy atom. The van der Waals surface area contributed by atoms with Crippen LogP contribution in [0.5, 0.6) is 0 Å². The van der Waals surface area contributed by atoms with E-state index in [0.717, 1.165) is 32.8 Å². The van der Waals surface area contributed by atoms with Gasteiger partial charge in [0.2, 0.25) is 0 Å². The first kappa shape index (κ1) is 32.9. The molecule has 1 saturated carbocycles. The van der Waals surface area contributed by atoms with E-state index in [0.29, 0.717) is 12.8 Å². The molecule has 13 nitrogen and oxygen atoms in total. The topological polar surface area (TPSA) is 199 Å². The van der Waals surface area contributed by atoms with Crippen molar-refractivity contribution in [3.05, 3.63) is 0 Å². The highest BCUT2D eigenvalue weighted by Crippen LogP contribution is 2.47. The minimum Gasteiger partial charge on any atom is -0.462 e. The highest BCUT2D eigenvalue weighted by molar-refractivity contribution is 7.47. The van der Waals surface area contributed by atoms with Crippen molar-refractivity contribution < 1.29 is 62.7 Å². The van der Waals surface area contributed by atoms with Gasteiger partial charge in [0.05, 0.1) is 6.61 Å². The van der Waals surface area contributed by atoms with Gasteiger partial charge in [-0.15, -0.1) is 0 Å². The third kappa shape index (κ3) is 11.1. The molecule has 0 spiro atoms. The minimum atomic E-state index is -4.99. The van der Waals surface area contributed by atoms with E-state index in [1.54, 1.807) is 0 Å². The summed E-state index contributed by atoms with van der Waals surface area (Å²) >= 11 is 0. The van der Waals surface area contributed by atoms with Gasteiger partial charge >= 0.3 is 19.8 Å². The molecule has 0 aliphatic heterocycles. The fourth-order valence-electron chi connectivity index (χ4n) is 3.60. The molecule has 212 valence electrons. The van der Waals surface area contributed by atoms with Crippen molar-refractivity contribution in [1.82, 2.24) is 0 Å². The van der Waals surface area contributed by atoms with Gasteiger partial charge in [-0.05, 0) is 12.8 Å². The zero-order valence-electron chi connectivity index (χ0n) is 21.1. The molecule has 0 amide bonds. The molecule has 0 heterocycles. The first-order valence-corrected chi connectivity index (χ1v) is 13.7. The summed E-state index contributed by atoms with van der Waals surface area (Å²) in [6.07, 6.45) is -6.81. The molecule has 0 saturated heterocycles. The van der Waals surface area contributed by atoms with Gasteiger partial charge in [-0.2, -0.15) is 0 Å². The molecule has 0 radical (unpaired) electrons. The molecule has 0 aromatic rings. The first-order valence-electron chi connectivity index (χ1n) is 12.2. The predicted octanol–water partition coefficient (Wildman–Crippen LogP) is 0.576. The Bertz CT molecular complexity index is 705. The van der Waals surface area contributed by atoms with Crippen molar-refractivity contribution in [3.8, 4) is 0 Å². The lowest BCUT2D eigenvalue weighted by Gasteiger charge is -2.43. The molecule has 5 N–H and O–H groups in total. The number of ether oxygens (including phenoxy) is 3. The minimum absolute atomic E-state index is 0.101. The predicted molar refractivity (Wildman–Crippen MR) is 125 cm³/mol. The standard InChI is InChI=1S/C22H41O13P/c1-4-6-8-10-15(23)32-12-14(34-16(24)11-9-7-5-2)13-33-36(29,30)35-22-20(28)18(26)17(25)19(27)21(22)31-3/h14,17-22,25-28H,4-13H2,1-3H3,(H,29,30)/t14-,17-,18-,19+,20+,21+,22-/m0/s1. The number of carbonyl (C=O) groups is 2. The number of phosphoric ester groups is 1. The van der Waals surface area contributed by atoms with E-state index < -0.39 is 75.7 Å². The Kier molecular flexibility index (Phi) is 15.2. The number of unbranched alkanes of at least 4 members (excludes halogenated alkanes) is 4. The molecular weight excluding hydrogens is 503 g/mol. The van der Waals surface area contributed by atoms with E-state index in [-0.39, 0.29) is 12.8 Å². The fourth-order valence-corrected chi connectivity index (χ4v) is 4.56. The average molecular weight is 545 g/mol. The molecule has 1 aliphatic carbocycles. The van der Waals surface area contributed by atoms with Gasteiger partial charge < -0.3 is 39.5 Å². The largest absolute Gasteiger partial charge is 0.472 e. The molecular formula is C22H41O13P. The lowest BCUT2D eigenvalue weighted by Crippen LogP contribution is -2.64. The molecule has 1 fully saturated rings. The third-order valence-electron chi connectivity index (χ3n) is 5.69. The van der Waals surface area contributed by atoms with Crippen molar-refractivity contribution in [2.45, 2.75) is 108 Å². The molecule has 0 bridgehead atoms. The summed E-state index contributed by atoms with van der Waals surface area (Å²) in [4.78, 5) is 34.3. The summed E-state index contributed by atoms with van der Waals surface area (Å²) in [7, 11) is -3.89. The summed E-state index contributed by atoms with van der Waals surface area (Å²) < 4.78 is 37.8. The second-order valence-corrected chi connectivity index (χ2v) is 10.1. The maximum absolute atomic E-state index is 12.6. The van der Waals surface area contributed by atoms with Crippen LogP contribution in [0.4, 0.5) is 0 Å². The Morgan fingerprint density at radius 2 is 1.33 bits per heavy atom. The Hall–Kier alpha value is -1.15. The number of methoxy groups -OCH3 is 1. The van der Waals surface area contributed by atoms with E-state index in [1.165, 1.54) is 0 Å². The van der Waals surface area contributed by atoms with Crippen molar-refractivity contribution in [2.24, 2.45) is 0 Å². The fraction of sp³-hybridized carbons (Fsp3) is 0.909. The molecule has 0 aromatic heterocycles. The number of phosphoric acid groups is 1. The number of hydrogen-bond donors (Lipinski definition) is 5. The smallest absolute Gasteiger partial charge is 0.462 e. The number of aliphatic hydroxyl groups excluding tert-OH is 4. The van der Waals surface area contributed by atoms with Gasteiger partial charge in [-0.25, -0.2) is 4.57 Å². The van der Waals surface area contributed by atoms with Gasteiger partial charge in [0, 0.05) is 20.0 Å². The monoisotopic (exact) mass is 544 g/mol. The Morgan fingerprint density at radius 3 is 1.86 bits per heavy atom. The Balaban J connectivity index is 2.79. The average Bonchev–Trinajstić information content (AvgIpc) is 2.83. The van der Waals surface area contributed by atoms with Crippen LogP contribution >= 0.6 is 7.82 Å². The van der Waals surface area contributed by atoms with Crippen molar-refractivity contribution in [3.63, 3.8) is 0 Å². The van der Waals surface area contributed by atoms with E-state index >= 15 is 0 Å². The van der Waals surface area contributed by atoms with Crippen LogP contribution in [-0.4, -0.2) is 100 Å². The van der Waals surface area contributed by atoms with Crippen molar-refractivity contribution >= 4 is 19.8 Å². The molecule has 14 heteroatoms. The SMILES string of the molecule is CCCCCC(=O)OC[C@@H](COP(=O)(O)O[C@H]1[C@H](O)[C@@H](O)[C@H](O)[C@@H](O)[C@H]1OC)OC(=O)CCCCC. The molecule has 0 aromatic carbocycles. The van der Waals surface area contributed by atoms with Crippen LogP contribution in [0.2, 0.25) is 0 Å². The van der Waals surface area contributed by atoms with Gasteiger partial charge in [0.25, 0.3) is 0 Å². The van der Waals surface area contributed by atoms with E-state index in [2.05, 4.69) is 0 Å². The molecule has 1 unspecified atom stereocenters. The Labute approximate surface area is 211 Å². The van der Waals surface area contributed by atoms with Crippen molar-refractivity contribution in [1.29, 1.82) is 0 Å². The quantitative estimate of drug-likeness (QED) is 0.0968. The number of carbonyl (C=O) groups excluding carboxylic acids is 2. The summed E-state index contributed by atoms with van der Waals surface area (Å²) in [5, 5.41) is 39.9. The number of aliphatic hydroxyl groups is 4. The molecule has 36 heavy (non-hydrogen) atoms. The number of rotatable bonds is 17. The lowest BCUT2D eigenvalue weighted by atomic mass is 9.85.